The second-order valence-corrected chi connectivity index (χ2v) is 9.73. The molecule has 4 rings (SSSR count). The highest BCUT2D eigenvalue weighted by Crippen LogP contribution is 2.34. The molecule has 0 spiro atoms. The molecule has 0 bridgehead atoms. The van der Waals surface area contributed by atoms with Gasteiger partial charge in [-0.3, -0.25) is 14.8 Å². The predicted octanol–water partition coefficient (Wildman–Crippen LogP) is 5.00. The van der Waals surface area contributed by atoms with Gasteiger partial charge in [-0.1, -0.05) is 43.7 Å². The number of benzene rings is 1. The molecule has 7 heteroatoms. The average Bonchev–Trinajstić information content (AvgIpc) is 3.29. The quantitative estimate of drug-likeness (QED) is 0.559. The van der Waals surface area contributed by atoms with Crippen molar-refractivity contribution in [1.29, 1.82) is 0 Å². The smallest absolute Gasteiger partial charge is 0.258 e. The number of pyridine rings is 1. The average molecular weight is 463 g/mol. The maximum atomic E-state index is 12.5. The zero-order chi connectivity index (χ0) is 23.5. The first-order valence-corrected chi connectivity index (χ1v) is 12.2. The molecule has 1 N–H and O–H groups in total. The van der Waals surface area contributed by atoms with E-state index in [1.807, 2.05) is 62.8 Å². The number of fused-ring (bicyclic) bond motifs is 1. The fourth-order valence-electron chi connectivity index (χ4n) is 4.01. The van der Waals surface area contributed by atoms with Gasteiger partial charge in [-0.05, 0) is 37.8 Å². The number of nitrogens with one attached hydrogen (secondary N) is 1. The van der Waals surface area contributed by atoms with Crippen LogP contribution >= 0.6 is 11.3 Å². The van der Waals surface area contributed by atoms with E-state index in [0.29, 0.717) is 11.8 Å². The maximum absolute atomic E-state index is 12.5. The van der Waals surface area contributed by atoms with Gasteiger partial charge in [0.1, 0.15) is 0 Å². The zero-order valence-corrected chi connectivity index (χ0v) is 20.6. The Bertz CT molecular complexity index is 1160. The standard InChI is InChI=1S/C26H30N4O2S/c1-15-6-8-20(9-7-15)19(5)29-22(31)13-32-23-10-16(2)24-25(30-23)18(4)17(3)11-28-26(24)21-12-27-14-33-21/h6-10,12,14,17-19H,11,13H2,1-5H3,(H,29,31). The highest BCUT2D eigenvalue weighted by atomic mass is 32.1. The third-order valence-electron chi connectivity index (χ3n) is 6.25. The van der Waals surface area contributed by atoms with Gasteiger partial charge in [0.25, 0.3) is 5.91 Å². The molecule has 3 atom stereocenters. The SMILES string of the molecule is Cc1ccc(C(C)NC(=O)COc2cc(C)c3c(n2)C(C)C(C)CN=C3c2cncs2)cc1. The van der Waals surface area contributed by atoms with Crippen LogP contribution in [0.2, 0.25) is 0 Å². The molecule has 33 heavy (non-hydrogen) atoms. The van der Waals surface area contributed by atoms with Gasteiger partial charge in [-0.2, -0.15) is 0 Å². The van der Waals surface area contributed by atoms with E-state index >= 15 is 0 Å². The maximum Gasteiger partial charge on any atom is 0.258 e. The number of hydrogen-bond donors (Lipinski definition) is 1. The van der Waals surface area contributed by atoms with Crippen LogP contribution in [0.15, 0.2) is 47.0 Å². The van der Waals surface area contributed by atoms with E-state index in [1.165, 1.54) is 5.56 Å². The highest BCUT2D eigenvalue weighted by Gasteiger charge is 2.28. The van der Waals surface area contributed by atoms with E-state index in [0.717, 1.165) is 39.5 Å². The molecule has 0 aliphatic carbocycles. The van der Waals surface area contributed by atoms with Gasteiger partial charge in [0.05, 0.1) is 27.8 Å². The van der Waals surface area contributed by atoms with E-state index < -0.39 is 0 Å². The van der Waals surface area contributed by atoms with Crippen LogP contribution in [0.1, 0.15) is 65.6 Å². The van der Waals surface area contributed by atoms with Gasteiger partial charge < -0.3 is 10.1 Å². The molecule has 3 heterocycles. The number of amides is 1. The van der Waals surface area contributed by atoms with Gasteiger partial charge in [0.2, 0.25) is 5.88 Å². The Morgan fingerprint density at radius 2 is 2.00 bits per heavy atom. The number of rotatable bonds is 6. The monoisotopic (exact) mass is 462 g/mol. The fourth-order valence-corrected chi connectivity index (χ4v) is 4.65. The lowest BCUT2D eigenvalue weighted by Crippen LogP contribution is -2.31. The van der Waals surface area contributed by atoms with Crippen LogP contribution in [0.5, 0.6) is 5.88 Å². The summed E-state index contributed by atoms with van der Waals surface area (Å²) in [5, 5.41) is 3.00. The topological polar surface area (TPSA) is 76.5 Å². The van der Waals surface area contributed by atoms with Crippen molar-refractivity contribution in [2.45, 2.75) is 46.6 Å². The van der Waals surface area contributed by atoms with Gasteiger partial charge in [0, 0.05) is 30.3 Å². The first-order chi connectivity index (χ1) is 15.8. The fraction of sp³-hybridized carbons (Fsp3) is 0.385. The van der Waals surface area contributed by atoms with Crippen molar-refractivity contribution in [2.75, 3.05) is 13.2 Å². The Balaban J connectivity index is 1.51. The molecule has 172 valence electrons. The lowest BCUT2D eigenvalue weighted by molar-refractivity contribution is -0.123. The second kappa shape index (κ2) is 9.83. The number of carbonyl (C=O) groups is 1. The molecule has 0 radical (unpaired) electrons. The third-order valence-corrected chi connectivity index (χ3v) is 7.03. The van der Waals surface area contributed by atoms with Crippen molar-refractivity contribution < 1.29 is 9.53 Å². The van der Waals surface area contributed by atoms with Gasteiger partial charge in [-0.15, -0.1) is 11.3 Å². The van der Waals surface area contributed by atoms with Crippen LogP contribution < -0.4 is 10.1 Å². The Labute approximate surface area is 199 Å². The molecule has 2 aromatic heterocycles. The molecule has 1 aliphatic heterocycles. The Kier molecular flexibility index (Phi) is 6.88. The Morgan fingerprint density at radius 3 is 2.70 bits per heavy atom. The van der Waals surface area contributed by atoms with Crippen molar-refractivity contribution >= 4 is 23.0 Å². The zero-order valence-electron chi connectivity index (χ0n) is 19.8. The van der Waals surface area contributed by atoms with E-state index in [1.54, 1.807) is 11.3 Å². The summed E-state index contributed by atoms with van der Waals surface area (Å²) < 4.78 is 5.85. The van der Waals surface area contributed by atoms with Gasteiger partial charge in [-0.25, -0.2) is 4.98 Å². The summed E-state index contributed by atoms with van der Waals surface area (Å²) in [7, 11) is 0. The highest BCUT2D eigenvalue weighted by molar-refractivity contribution is 7.12. The molecule has 1 aromatic carbocycles. The molecule has 0 saturated carbocycles. The van der Waals surface area contributed by atoms with Crippen molar-refractivity contribution in [1.82, 2.24) is 15.3 Å². The Hall–Kier alpha value is -3.06. The summed E-state index contributed by atoms with van der Waals surface area (Å²) in [6.07, 6.45) is 1.86. The molecule has 3 aromatic rings. The van der Waals surface area contributed by atoms with Crippen LogP contribution in [0.3, 0.4) is 0 Å². The number of hydrogen-bond acceptors (Lipinski definition) is 6. The Morgan fingerprint density at radius 1 is 1.24 bits per heavy atom. The first-order valence-electron chi connectivity index (χ1n) is 11.3. The molecule has 0 saturated heterocycles. The second-order valence-electron chi connectivity index (χ2n) is 8.85. The molecule has 1 aliphatic rings. The van der Waals surface area contributed by atoms with E-state index in [-0.39, 0.29) is 24.5 Å². The van der Waals surface area contributed by atoms with Crippen molar-refractivity contribution in [2.24, 2.45) is 10.9 Å². The summed E-state index contributed by atoms with van der Waals surface area (Å²) in [4.78, 5) is 27.6. The minimum Gasteiger partial charge on any atom is -0.468 e. The number of aromatic nitrogens is 2. The van der Waals surface area contributed by atoms with Gasteiger partial charge >= 0.3 is 0 Å². The third kappa shape index (κ3) is 5.14. The van der Waals surface area contributed by atoms with Crippen LogP contribution in [0, 0.1) is 19.8 Å². The van der Waals surface area contributed by atoms with Gasteiger partial charge in [0.15, 0.2) is 6.61 Å². The summed E-state index contributed by atoms with van der Waals surface area (Å²) in [6, 6.07) is 9.95. The molecule has 6 nitrogen and oxygen atoms in total. The van der Waals surface area contributed by atoms with Crippen molar-refractivity contribution in [3.63, 3.8) is 0 Å². The molecular weight excluding hydrogens is 432 g/mol. The number of aliphatic imine (C=N–C) groups is 1. The molecular formula is C26H30N4O2S. The molecule has 3 unspecified atom stereocenters. The van der Waals surface area contributed by atoms with Crippen molar-refractivity contribution in [3.8, 4) is 5.88 Å². The lowest BCUT2D eigenvalue weighted by atomic mass is 9.88. The number of ether oxygens (including phenoxy) is 1. The summed E-state index contributed by atoms with van der Waals surface area (Å²) in [5.41, 5.74) is 8.09. The first kappa shape index (κ1) is 23.1. The summed E-state index contributed by atoms with van der Waals surface area (Å²) in [6.45, 7) is 11.1. The van der Waals surface area contributed by atoms with Crippen molar-refractivity contribution in [3.05, 3.63) is 74.9 Å². The normalized spacial score (nSPS) is 18.6. The van der Waals surface area contributed by atoms with E-state index in [4.69, 9.17) is 14.7 Å². The van der Waals surface area contributed by atoms with Crippen LogP contribution in [-0.4, -0.2) is 34.7 Å². The largest absolute Gasteiger partial charge is 0.468 e. The minimum absolute atomic E-state index is 0.0822. The predicted molar refractivity (Wildman–Crippen MR) is 132 cm³/mol. The van der Waals surface area contributed by atoms with E-state index in [2.05, 4.69) is 24.1 Å². The van der Waals surface area contributed by atoms with Crippen LogP contribution in [-0.2, 0) is 4.79 Å². The number of carbonyl (C=O) groups excluding carboxylic acids is 1. The number of aryl methyl sites for hydroxylation is 2. The van der Waals surface area contributed by atoms with E-state index in [9.17, 15) is 4.79 Å². The molecule has 1 amide bonds. The van der Waals surface area contributed by atoms with Crippen LogP contribution in [0.4, 0.5) is 0 Å². The summed E-state index contributed by atoms with van der Waals surface area (Å²) >= 11 is 1.58. The summed E-state index contributed by atoms with van der Waals surface area (Å²) in [5.74, 6) is 0.849. The lowest BCUT2D eigenvalue weighted by Gasteiger charge is -2.20. The minimum atomic E-state index is -0.175. The number of thiazole rings is 1. The van der Waals surface area contributed by atoms with Crippen LogP contribution in [0.25, 0.3) is 0 Å². The molecule has 0 fully saturated rings. The number of nitrogens with zero attached hydrogens (tertiary/aromatic N) is 3.